The molecule has 1 aromatic carbocycles. The van der Waals surface area contributed by atoms with E-state index in [1.807, 2.05) is 36.0 Å². The second-order valence-electron chi connectivity index (χ2n) is 5.72. The van der Waals surface area contributed by atoms with E-state index < -0.39 is 5.54 Å². The number of piperidine rings is 1. The second kappa shape index (κ2) is 5.75. The molecule has 0 bridgehead atoms. The van der Waals surface area contributed by atoms with Crippen molar-refractivity contribution in [1.82, 2.24) is 20.1 Å². The minimum absolute atomic E-state index is 0.00781. The fraction of sp³-hybridized carbons (Fsp3) is 0.312. The zero-order chi connectivity index (χ0) is 15.7. The van der Waals surface area contributed by atoms with Crippen LogP contribution < -0.4 is 10.6 Å². The molecule has 3 heterocycles. The van der Waals surface area contributed by atoms with Gasteiger partial charge in [0, 0.05) is 18.1 Å². The lowest BCUT2D eigenvalue weighted by Gasteiger charge is -2.36. The van der Waals surface area contributed by atoms with E-state index >= 15 is 0 Å². The van der Waals surface area contributed by atoms with Gasteiger partial charge in [0.2, 0.25) is 0 Å². The molecule has 0 spiro atoms. The molecule has 4 rings (SSSR count). The van der Waals surface area contributed by atoms with E-state index in [0.29, 0.717) is 0 Å². The van der Waals surface area contributed by atoms with Gasteiger partial charge in [-0.15, -0.1) is 11.3 Å². The number of aromatic nitrogens is 3. The summed E-state index contributed by atoms with van der Waals surface area (Å²) < 4.78 is 2.87. The highest BCUT2D eigenvalue weighted by molar-refractivity contribution is 7.16. The number of fused-ring (bicyclic) bond motifs is 1. The number of nitrogens with zero attached hydrogens (tertiary/aromatic N) is 3. The van der Waals surface area contributed by atoms with E-state index in [2.05, 4.69) is 20.7 Å². The number of benzene rings is 1. The maximum absolute atomic E-state index is 13.1. The standard InChI is InChI=1S/C16H17N5OS/c22-15(20-12-2-3-13-14(10-12)23-11-18-13)16(4-7-17-8-5-16)21-9-1-6-19-21/h1-3,6,9-11,17H,4-5,7-8H2,(H,20,22). The molecule has 1 saturated heterocycles. The maximum Gasteiger partial charge on any atom is 0.252 e. The molecule has 1 aliphatic rings. The number of anilines is 1. The summed E-state index contributed by atoms with van der Waals surface area (Å²) in [5.41, 5.74) is 2.94. The van der Waals surface area contributed by atoms with E-state index in [4.69, 9.17) is 0 Å². The molecular weight excluding hydrogens is 310 g/mol. The Balaban J connectivity index is 1.64. The van der Waals surface area contributed by atoms with Crippen LogP contribution in [0.15, 0.2) is 42.2 Å². The van der Waals surface area contributed by atoms with Crippen LogP contribution in [0.25, 0.3) is 10.2 Å². The van der Waals surface area contributed by atoms with E-state index in [0.717, 1.165) is 41.8 Å². The number of amides is 1. The summed E-state index contributed by atoms with van der Waals surface area (Å²) in [6, 6.07) is 7.67. The second-order valence-corrected chi connectivity index (χ2v) is 6.61. The number of carbonyl (C=O) groups excluding carboxylic acids is 1. The van der Waals surface area contributed by atoms with Gasteiger partial charge in [-0.05, 0) is 50.2 Å². The largest absolute Gasteiger partial charge is 0.324 e. The van der Waals surface area contributed by atoms with Gasteiger partial charge in [-0.3, -0.25) is 9.48 Å². The van der Waals surface area contributed by atoms with Crippen molar-refractivity contribution in [3.8, 4) is 0 Å². The number of thiazole rings is 1. The summed E-state index contributed by atoms with van der Waals surface area (Å²) in [6.07, 6.45) is 5.05. The van der Waals surface area contributed by atoms with Crippen LogP contribution >= 0.6 is 11.3 Å². The van der Waals surface area contributed by atoms with Crippen LogP contribution in [-0.4, -0.2) is 33.8 Å². The minimum atomic E-state index is -0.628. The molecule has 118 valence electrons. The van der Waals surface area contributed by atoms with E-state index in [-0.39, 0.29) is 5.91 Å². The van der Waals surface area contributed by atoms with Crippen molar-refractivity contribution in [2.24, 2.45) is 0 Å². The van der Waals surface area contributed by atoms with Crippen molar-refractivity contribution in [2.45, 2.75) is 18.4 Å². The van der Waals surface area contributed by atoms with Crippen LogP contribution in [0.2, 0.25) is 0 Å². The van der Waals surface area contributed by atoms with Crippen LogP contribution in [0, 0.1) is 0 Å². The zero-order valence-corrected chi connectivity index (χ0v) is 13.3. The lowest BCUT2D eigenvalue weighted by molar-refractivity contribution is -0.126. The summed E-state index contributed by atoms with van der Waals surface area (Å²) in [4.78, 5) is 17.3. The van der Waals surface area contributed by atoms with Gasteiger partial charge in [0.05, 0.1) is 15.7 Å². The van der Waals surface area contributed by atoms with Crippen molar-refractivity contribution >= 4 is 33.1 Å². The molecule has 23 heavy (non-hydrogen) atoms. The highest BCUT2D eigenvalue weighted by Gasteiger charge is 2.42. The van der Waals surface area contributed by atoms with Crippen molar-refractivity contribution in [3.05, 3.63) is 42.2 Å². The Morgan fingerprint density at radius 1 is 1.35 bits per heavy atom. The van der Waals surface area contributed by atoms with Crippen molar-refractivity contribution < 1.29 is 4.79 Å². The normalized spacial score (nSPS) is 17.2. The predicted octanol–water partition coefficient (Wildman–Crippen LogP) is 2.21. The third-order valence-electron chi connectivity index (χ3n) is 4.39. The van der Waals surface area contributed by atoms with Crippen LogP contribution in [0.5, 0.6) is 0 Å². The lowest BCUT2D eigenvalue weighted by Crippen LogP contribution is -2.52. The fourth-order valence-corrected chi connectivity index (χ4v) is 3.82. The lowest BCUT2D eigenvalue weighted by atomic mass is 9.87. The van der Waals surface area contributed by atoms with Gasteiger partial charge in [0.15, 0.2) is 0 Å². The average molecular weight is 327 g/mol. The number of hydrogen-bond donors (Lipinski definition) is 2. The Bertz CT molecular complexity index is 820. The first-order chi connectivity index (χ1) is 11.3. The molecule has 0 unspecified atom stereocenters. The highest BCUT2D eigenvalue weighted by atomic mass is 32.1. The van der Waals surface area contributed by atoms with Gasteiger partial charge < -0.3 is 10.6 Å². The first kappa shape index (κ1) is 14.3. The smallest absolute Gasteiger partial charge is 0.252 e. The Labute approximate surface area is 137 Å². The summed E-state index contributed by atoms with van der Waals surface area (Å²) in [5.74, 6) is -0.00781. The summed E-state index contributed by atoms with van der Waals surface area (Å²) in [7, 11) is 0. The monoisotopic (exact) mass is 327 g/mol. The third-order valence-corrected chi connectivity index (χ3v) is 5.18. The topological polar surface area (TPSA) is 71.8 Å². The summed E-state index contributed by atoms with van der Waals surface area (Å²) >= 11 is 1.57. The molecule has 6 nitrogen and oxygen atoms in total. The Morgan fingerprint density at radius 3 is 3.00 bits per heavy atom. The third kappa shape index (κ3) is 2.51. The molecule has 2 aromatic heterocycles. The van der Waals surface area contributed by atoms with Crippen molar-refractivity contribution in [3.63, 3.8) is 0 Å². The van der Waals surface area contributed by atoms with Gasteiger partial charge >= 0.3 is 0 Å². The Hall–Kier alpha value is -2.25. The molecule has 1 aliphatic heterocycles. The fourth-order valence-electron chi connectivity index (χ4n) is 3.10. The predicted molar refractivity (Wildman–Crippen MR) is 90.6 cm³/mol. The molecule has 0 atom stereocenters. The minimum Gasteiger partial charge on any atom is -0.324 e. The van der Waals surface area contributed by atoms with Crippen LogP contribution in [-0.2, 0) is 10.3 Å². The van der Waals surface area contributed by atoms with Gasteiger partial charge in [0.25, 0.3) is 5.91 Å². The van der Waals surface area contributed by atoms with Crippen LogP contribution in [0.1, 0.15) is 12.8 Å². The molecule has 3 aromatic rings. The molecule has 1 fully saturated rings. The molecule has 1 amide bonds. The van der Waals surface area contributed by atoms with Gasteiger partial charge in [0.1, 0.15) is 5.54 Å². The quantitative estimate of drug-likeness (QED) is 0.774. The molecule has 0 radical (unpaired) electrons. The van der Waals surface area contributed by atoms with Gasteiger partial charge in [-0.25, -0.2) is 4.98 Å². The van der Waals surface area contributed by atoms with E-state index in [9.17, 15) is 4.79 Å². The average Bonchev–Trinajstić information content (AvgIpc) is 3.27. The number of hydrogen-bond acceptors (Lipinski definition) is 5. The molecular formula is C16H17N5OS. The molecule has 7 heteroatoms. The number of carbonyl (C=O) groups is 1. The maximum atomic E-state index is 13.1. The Morgan fingerprint density at radius 2 is 2.22 bits per heavy atom. The van der Waals surface area contributed by atoms with E-state index in [1.54, 1.807) is 22.2 Å². The van der Waals surface area contributed by atoms with Gasteiger partial charge in [-0.2, -0.15) is 5.10 Å². The SMILES string of the molecule is O=C(Nc1ccc2ncsc2c1)C1(n2cccn2)CCNCC1. The highest BCUT2D eigenvalue weighted by Crippen LogP contribution is 2.29. The van der Waals surface area contributed by atoms with E-state index in [1.165, 1.54) is 0 Å². The summed E-state index contributed by atoms with van der Waals surface area (Å²) in [6.45, 7) is 1.61. The number of nitrogens with one attached hydrogen (secondary N) is 2. The summed E-state index contributed by atoms with van der Waals surface area (Å²) in [5, 5.41) is 10.7. The van der Waals surface area contributed by atoms with Crippen molar-refractivity contribution in [2.75, 3.05) is 18.4 Å². The molecule has 0 saturated carbocycles. The first-order valence-corrected chi connectivity index (χ1v) is 8.51. The first-order valence-electron chi connectivity index (χ1n) is 7.63. The number of rotatable bonds is 3. The molecule has 2 N–H and O–H groups in total. The zero-order valence-electron chi connectivity index (χ0n) is 12.5. The van der Waals surface area contributed by atoms with Crippen LogP contribution in [0.4, 0.5) is 5.69 Å². The molecule has 0 aliphatic carbocycles. The van der Waals surface area contributed by atoms with Crippen LogP contribution in [0.3, 0.4) is 0 Å². The van der Waals surface area contributed by atoms with Crippen molar-refractivity contribution in [1.29, 1.82) is 0 Å². The van der Waals surface area contributed by atoms with Gasteiger partial charge in [-0.1, -0.05) is 0 Å². The Kier molecular flexibility index (Phi) is 3.59.